The smallest absolute Gasteiger partial charge is 0.160 e. The fraction of sp³-hybridized carbons (Fsp3) is 0.0714. The quantitative estimate of drug-likeness (QED) is 0.175. The zero-order valence-electron chi connectivity index (χ0n) is 32.9. The van der Waals surface area contributed by atoms with Crippen LogP contribution in [-0.4, -0.2) is 9.97 Å². The molecule has 0 unspecified atom stereocenters. The maximum absolute atomic E-state index is 6.92. The summed E-state index contributed by atoms with van der Waals surface area (Å²) in [5, 5.41) is 0. The van der Waals surface area contributed by atoms with Crippen molar-refractivity contribution in [3.8, 4) is 67.7 Å². The van der Waals surface area contributed by atoms with E-state index in [1.54, 1.807) is 0 Å². The highest BCUT2D eigenvalue weighted by Crippen LogP contribution is 2.61. The third kappa shape index (κ3) is 5.50. The van der Waals surface area contributed by atoms with Gasteiger partial charge in [-0.05, 0) is 68.8 Å². The Balaban J connectivity index is 1.07. The number of ether oxygens (including phenoxy) is 1. The van der Waals surface area contributed by atoms with Crippen LogP contribution < -0.4 is 4.74 Å². The molecule has 1 aliphatic heterocycles. The van der Waals surface area contributed by atoms with Crippen LogP contribution in [0.1, 0.15) is 47.2 Å². The molecule has 0 saturated heterocycles. The third-order valence-corrected chi connectivity index (χ3v) is 12.4. The van der Waals surface area contributed by atoms with Crippen molar-refractivity contribution in [1.82, 2.24) is 9.97 Å². The van der Waals surface area contributed by atoms with Crippen molar-refractivity contribution >= 4 is 0 Å². The van der Waals surface area contributed by atoms with E-state index in [0.29, 0.717) is 5.82 Å². The van der Waals surface area contributed by atoms with E-state index in [2.05, 4.69) is 202 Å². The highest BCUT2D eigenvalue weighted by molar-refractivity contribution is 5.85. The van der Waals surface area contributed by atoms with Gasteiger partial charge in [-0.15, -0.1) is 0 Å². The molecule has 2 heterocycles. The summed E-state index contributed by atoms with van der Waals surface area (Å²) >= 11 is 0. The average Bonchev–Trinajstić information content (AvgIpc) is 3.31. The van der Waals surface area contributed by atoms with Gasteiger partial charge in [-0.2, -0.15) is 0 Å². The van der Waals surface area contributed by atoms with Crippen molar-refractivity contribution in [3.63, 3.8) is 0 Å². The molecule has 0 atom stereocenters. The molecule has 11 rings (SSSR count). The van der Waals surface area contributed by atoms with E-state index in [1.807, 2.05) is 18.2 Å². The lowest BCUT2D eigenvalue weighted by Crippen LogP contribution is -2.43. The largest absolute Gasteiger partial charge is 0.457 e. The van der Waals surface area contributed by atoms with Gasteiger partial charge in [0.15, 0.2) is 5.82 Å². The highest BCUT2D eigenvalue weighted by atomic mass is 16.5. The van der Waals surface area contributed by atoms with Gasteiger partial charge in [0.05, 0.1) is 16.8 Å². The summed E-state index contributed by atoms with van der Waals surface area (Å²) in [7, 11) is 0. The Morgan fingerprint density at radius 2 is 0.847 bits per heavy atom. The lowest BCUT2D eigenvalue weighted by molar-refractivity contribution is 0.425. The molecule has 8 aromatic carbocycles. The van der Waals surface area contributed by atoms with Gasteiger partial charge in [0, 0.05) is 33.2 Å². The molecule has 280 valence electrons. The lowest BCUT2D eigenvalue weighted by Gasteiger charge is -2.50. The second kappa shape index (κ2) is 13.6. The van der Waals surface area contributed by atoms with Crippen molar-refractivity contribution in [3.05, 3.63) is 240 Å². The maximum Gasteiger partial charge on any atom is 0.160 e. The van der Waals surface area contributed by atoms with Gasteiger partial charge >= 0.3 is 0 Å². The topological polar surface area (TPSA) is 35.0 Å². The first-order valence-corrected chi connectivity index (χ1v) is 20.3. The van der Waals surface area contributed by atoms with E-state index in [4.69, 9.17) is 14.7 Å². The Morgan fingerprint density at radius 3 is 1.56 bits per heavy atom. The second-order valence-corrected chi connectivity index (χ2v) is 16.1. The number of para-hydroxylation sites is 1. The first-order valence-electron chi connectivity index (χ1n) is 20.3. The molecule has 9 aromatic rings. The predicted octanol–water partition coefficient (Wildman–Crippen LogP) is 13.9. The molecule has 0 saturated carbocycles. The summed E-state index contributed by atoms with van der Waals surface area (Å²) in [6.07, 6.45) is 0. The molecule has 0 bridgehead atoms. The van der Waals surface area contributed by atoms with Crippen molar-refractivity contribution in [2.24, 2.45) is 0 Å². The predicted molar refractivity (Wildman–Crippen MR) is 240 cm³/mol. The summed E-state index contributed by atoms with van der Waals surface area (Å²) in [5.74, 6) is 2.44. The number of rotatable bonds is 5. The van der Waals surface area contributed by atoms with Crippen LogP contribution in [0.3, 0.4) is 0 Å². The van der Waals surface area contributed by atoms with Gasteiger partial charge in [0.2, 0.25) is 0 Å². The Bertz CT molecular complexity index is 3010. The lowest BCUT2D eigenvalue weighted by atomic mass is 9.53. The summed E-state index contributed by atoms with van der Waals surface area (Å²) in [5.41, 5.74) is 16.1. The van der Waals surface area contributed by atoms with Gasteiger partial charge in [-0.25, -0.2) is 9.97 Å². The molecule has 59 heavy (non-hydrogen) atoms. The van der Waals surface area contributed by atoms with Gasteiger partial charge in [0.1, 0.15) is 11.5 Å². The standard InChI is InChI=1S/C56H40N2O/c1-55(2)44-26-11-13-28-46(44)56(47-29-14-12-27-45(47)55)48-30-15-16-31-52(48)59-53-35-40(32-33-49(53)56)39-22-17-23-41(34-39)50-36-51(58-54(57-50)38-20-7-4-8-21-38)43-25-10-9-24-42(43)37-18-5-3-6-19-37/h3-36H,1-2H3. The summed E-state index contributed by atoms with van der Waals surface area (Å²) in [6, 6.07) is 73.4. The van der Waals surface area contributed by atoms with E-state index in [0.717, 1.165) is 67.4 Å². The van der Waals surface area contributed by atoms with Crippen LogP contribution in [0.15, 0.2) is 206 Å². The molecular formula is C56H40N2O. The van der Waals surface area contributed by atoms with Crippen LogP contribution in [-0.2, 0) is 10.8 Å². The Morgan fingerprint density at radius 1 is 0.339 bits per heavy atom. The average molecular weight is 757 g/mol. The maximum atomic E-state index is 6.92. The monoisotopic (exact) mass is 756 g/mol. The fourth-order valence-electron chi connectivity index (χ4n) is 9.69. The SMILES string of the molecule is CC1(C)c2ccccc2C2(c3ccccc3Oc3cc(-c4cccc(-c5cc(-c6ccccc6-c6ccccc6)nc(-c6ccccc6)n5)c4)ccc32)c2ccccc21. The molecule has 1 aliphatic carbocycles. The first-order chi connectivity index (χ1) is 29.0. The Labute approximate surface area is 345 Å². The van der Waals surface area contributed by atoms with Crippen molar-refractivity contribution in [1.29, 1.82) is 0 Å². The number of hydrogen-bond donors (Lipinski definition) is 0. The molecular weight excluding hydrogens is 717 g/mol. The van der Waals surface area contributed by atoms with E-state index < -0.39 is 5.41 Å². The summed E-state index contributed by atoms with van der Waals surface area (Å²) < 4.78 is 6.92. The second-order valence-electron chi connectivity index (χ2n) is 16.1. The Hall–Kier alpha value is -7.36. The molecule has 3 nitrogen and oxygen atoms in total. The zero-order valence-corrected chi connectivity index (χ0v) is 32.9. The normalized spacial score (nSPS) is 14.0. The van der Waals surface area contributed by atoms with E-state index in [1.165, 1.54) is 27.8 Å². The number of nitrogens with zero attached hydrogens (tertiary/aromatic N) is 2. The van der Waals surface area contributed by atoms with Crippen LogP contribution in [0.25, 0.3) is 56.2 Å². The molecule has 3 heteroatoms. The third-order valence-electron chi connectivity index (χ3n) is 12.4. The van der Waals surface area contributed by atoms with Crippen molar-refractivity contribution < 1.29 is 4.74 Å². The molecule has 0 fully saturated rings. The van der Waals surface area contributed by atoms with Crippen LogP contribution in [0.5, 0.6) is 11.5 Å². The zero-order chi connectivity index (χ0) is 39.6. The van der Waals surface area contributed by atoms with E-state index in [-0.39, 0.29) is 5.41 Å². The molecule has 0 amide bonds. The number of benzene rings is 8. The Kier molecular flexibility index (Phi) is 8.06. The van der Waals surface area contributed by atoms with Crippen molar-refractivity contribution in [2.75, 3.05) is 0 Å². The van der Waals surface area contributed by atoms with Gasteiger partial charge < -0.3 is 4.74 Å². The number of hydrogen-bond acceptors (Lipinski definition) is 3. The van der Waals surface area contributed by atoms with Gasteiger partial charge in [-0.3, -0.25) is 0 Å². The van der Waals surface area contributed by atoms with Gasteiger partial charge in [0.25, 0.3) is 0 Å². The molecule has 1 spiro atoms. The number of fused-ring (bicyclic) bond motifs is 8. The minimum absolute atomic E-state index is 0.170. The molecule has 0 N–H and O–H groups in total. The van der Waals surface area contributed by atoms with Crippen LogP contribution in [0.4, 0.5) is 0 Å². The highest BCUT2D eigenvalue weighted by Gasteiger charge is 2.52. The fourth-order valence-corrected chi connectivity index (χ4v) is 9.69. The molecule has 1 aromatic heterocycles. The molecule has 0 radical (unpaired) electrons. The van der Waals surface area contributed by atoms with Crippen LogP contribution >= 0.6 is 0 Å². The van der Waals surface area contributed by atoms with Crippen LogP contribution in [0, 0.1) is 0 Å². The van der Waals surface area contributed by atoms with Crippen LogP contribution in [0.2, 0.25) is 0 Å². The first kappa shape index (κ1) is 34.9. The van der Waals surface area contributed by atoms with Gasteiger partial charge in [-0.1, -0.05) is 196 Å². The number of aromatic nitrogens is 2. The van der Waals surface area contributed by atoms with E-state index in [9.17, 15) is 0 Å². The minimum atomic E-state index is -0.547. The minimum Gasteiger partial charge on any atom is -0.457 e. The van der Waals surface area contributed by atoms with Crippen molar-refractivity contribution in [2.45, 2.75) is 24.7 Å². The summed E-state index contributed by atoms with van der Waals surface area (Å²) in [4.78, 5) is 10.4. The van der Waals surface area contributed by atoms with E-state index >= 15 is 0 Å². The summed E-state index contributed by atoms with van der Waals surface area (Å²) in [6.45, 7) is 4.70. The molecule has 2 aliphatic rings.